The lowest BCUT2D eigenvalue weighted by molar-refractivity contribution is 0.415. The van der Waals surface area contributed by atoms with Crippen molar-refractivity contribution in [1.82, 2.24) is 15.0 Å². The van der Waals surface area contributed by atoms with E-state index in [0.29, 0.717) is 0 Å². The lowest BCUT2D eigenvalue weighted by Crippen LogP contribution is -1.90. The van der Waals surface area contributed by atoms with Gasteiger partial charge in [-0.3, -0.25) is 4.98 Å². The molecule has 2 aromatic heterocycles. The van der Waals surface area contributed by atoms with E-state index >= 15 is 0 Å². The Morgan fingerprint density at radius 2 is 2.14 bits per heavy atom. The first-order valence-electron chi connectivity index (χ1n) is 6.42. The molecular weight excluding hydrogens is 306 g/mol. The Labute approximate surface area is 133 Å². The Kier molecular flexibility index (Phi) is 5.09. The molecule has 0 saturated carbocycles. The van der Waals surface area contributed by atoms with Crippen molar-refractivity contribution in [3.8, 4) is 17.1 Å². The van der Waals surface area contributed by atoms with Gasteiger partial charge in [0.05, 0.1) is 24.4 Å². The summed E-state index contributed by atoms with van der Waals surface area (Å²) in [5, 5.41) is 0. The van der Waals surface area contributed by atoms with Crippen LogP contribution in [0.25, 0.3) is 22.4 Å². The molecule has 110 valence electrons. The van der Waals surface area contributed by atoms with Crippen LogP contribution in [-0.4, -0.2) is 27.8 Å². The molecule has 0 unspecified atom stereocenters. The van der Waals surface area contributed by atoms with Crippen LogP contribution in [0.1, 0.15) is 6.92 Å². The summed E-state index contributed by atoms with van der Waals surface area (Å²) in [5.41, 5.74) is 2.80. The number of aromatic nitrogens is 3. The molecular formula is C15H16ClN3OS. The minimum absolute atomic E-state index is 0. The summed E-state index contributed by atoms with van der Waals surface area (Å²) in [6, 6.07) is 8.11. The van der Waals surface area contributed by atoms with Gasteiger partial charge in [0.25, 0.3) is 0 Å². The van der Waals surface area contributed by atoms with Crippen molar-refractivity contribution in [2.45, 2.75) is 11.8 Å². The fourth-order valence-electron chi connectivity index (χ4n) is 2.11. The molecule has 0 aliphatic carbocycles. The first kappa shape index (κ1) is 15.7. The summed E-state index contributed by atoms with van der Waals surface area (Å²) in [7, 11) is 1.68. The summed E-state index contributed by atoms with van der Waals surface area (Å²) in [6.07, 6.45) is 3.51. The number of thioether (sulfide) groups is 1. The second kappa shape index (κ2) is 6.83. The number of benzene rings is 1. The first-order chi connectivity index (χ1) is 9.81. The van der Waals surface area contributed by atoms with E-state index in [4.69, 9.17) is 4.74 Å². The van der Waals surface area contributed by atoms with E-state index in [2.05, 4.69) is 34.0 Å². The molecule has 0 aliphatic rings. The molecule has 0 spiro atoms. The molecule has 4 nitrogen and oxygen atoms in total. The van der Waals surface area contributed by atoms with Gasteiger partial charge in [-0.2, -0.15) is 0 Å². The van der Waals surface area contributed by atoms with Crippen LogP contribution in [0.3, 0.4) is 0 Å². The minimum atomic E-state index is 0. The monoisotopic (exact) mass is 321 g/mol. The maximum Gasteiger partial charge on any atom is 0.142 e. The number of nitrogens with zero attached hydrogens (tertiary/aromatic N) is 2. The van der Waals surface area contributed by atoms with Crippen LogP contribution in [0.2, 0.25) is 0 Å². The second-order valence-electron chi connectivity index (χ2n) is 4.27. The average Bonchev–Trinajstić information content (AvgIpc) is 2.91. The molecule has 0 aliphatic heterocycles. The number of fused-ring (bicyclic) bond motifs is 1. The van der Waals surface area contributed by atoms with Gasteiger partial charge in [-0.15, -0.1) is 24.2 Å². The zero-order valence-corrected chi connectivity index (χ0v) is 13.4. The Morgan fingerprint density at radius 1 is 1.29 bits per heavy atom. The maximum absolute atomic E-state index is 5.49. The lowest BCUT2D eigenvalue weighted by atomic mass is 10.2. The number of nitrogens with one attached hydrogen (secondary N) is 1. The molecule has 3 aromatic rings. The van der Waals surface area contributed by atoms with E-state index in [9.17, 15) is 0 Å². The standard InChI is InChI=1S/C15H15N3OS.ClH/c1-3-20-10-4-5-11(14(8-10)19-2)15-17-12-6-7-16-9-13(12)18-15;/h4-9H,3H2,1-2H3,(H,17,18);1H. The van der Waals surface area contributed by atoms with E-state index in [-0.39, 0.29) is 12.4 Å². The Bertz CT molecular complexity index is 712. The topological polar surface area (TPSA) is 50.8 Å². The highest BCUT2D eigenvalue weighted by molar-refractivity contribution is 7.99. The number of H-pyrrole nitrogens is 1. The molecule has 0 saturated heterocycles. The predicted octanol–water partition coefficient (Wildman–Crippen LogP) is 4.17. The van der Waals surface area contributed by atoms with Crippen molar-refractivity contribution >= 4 is 35.2 Å². The van der Waals surface area contributed by atoms with E-state index < -0.39 is 0 Å². The number of halogens is 1. The van der Waals surface area contributed by atoms with Crippen LogP contribution in [0.5, 0.6) is 5.75 Å². The van der Waals surface area contributed by atoms with Gasteiger partial charge in [0, 0.05) is 11.1 Å². The number of methoxy groups -OCH3 is 1. The van der Waals surface area contributed by atoms with Gasteiger partial charge < -0.3 is 9.72 Å². The molecule has 3 rings (SSSR count). The smallest absolute Gasteiger partial charge is 0.142 e. The summed E-state index contributed by atoms with van der Waals surface area (Å²) in [4.78, 5) is 13.1. The van der Waals surface area contributed by atoms with Crippen molar-refractivity contribution < 1.29 is 4.74 Å². The second-order valence-corrected chi connectivity index (χ2v) is 5.61. The van der Waals surface area contributed by atoms with Crippen molar-refractivity contribution in [3.05, 3.63) is 36.7 Å². The summed E-state index contributed by atoms with van der Waals surface area (Å²) in [5.74, 6) is 2.67. The number of ether oxygens (including phenoxy) is 1. The third kappa shape index (κ3) is 3.14. The third-order valence-electron chi connectivity index (χ3n) is 3.02. The van der Waals surface area contributed by atoms with Gasteiger partial charge in [0.15, 0.2) is 0 Å². The van der Waals surface area contributed by atoms with Crippen LogP contribution < -0.4 is 4.74 Å². The number of rotatable bonds is 4. The van der Waals surface area contributed by atoms with Crippen LogP contribution in [-0.2, 0) is 0 Å². The molecule has 0 bridgehead atoms. The highest BCUT2D eigenvalue weighted by Gasteiger charge is 2.11. The molecule has 0 fully saturated rings. The van der Waals surface area contributed by atoms with Crippen LogP contribution >= 0.6 is 24.2 Å². The fraction of sp³-hybridized carbons (Fsp3) is 0.200. The fourth-order valence-corrected chi connectivity index (χ4v) is 2.80. The van der Waals surface area contributed by atoms with Crippen molar-refractivity contribution in [2.24, 2.45) is 0 Å². The molecule has 6 heteroatoms. The maximum atomic E-state index is 5.49. The SMILES string of the molecule is CCSc1ccc(-c2nc3cnccc3[nH]2)c(OC)c1.Cl. The van der Waals surface area contributed by atoms with Crippen molar-refractivity contribution in [3.63, 3.8) is 0 Å². The van der Waals surface area contributed by atoms with Crippen LogP contribution in [0.4, 0.5) is 0 Å². The summed E-state index contributed by atoms with van der Waals surface area (Å²) >= 11 is 1.79. The lowest BCUT2D eigenvalue weighted by Gasteiger charge is -2.08. The number of imidazole rings is 1. The van der Waals surface area contributed by atoms with Crippen LogP contribution in [0.15, 0.2) is 41.6 Å². The zero-order chi connectivity index (χ0) is 13.9. The van der Waals surface area contributed by atoms with E-state index in [0.717, 1.165) is 33.9 Å². The molecule has 0 atom stereocenters. The zero-order valence-electron chi connectivity index (χ0n) is 11.8. The van der Waals surface area contributed by atoms with Gasteiger partial charge in [-0.1, -0.05) is 6.92 Å². The minimum Gasteiger partial charge on any atom is -0.496 e. The Hall–Kier alpha value is -1.72. The summed E-state index contributed by atoms with van der Waals surface area (Å²) < 4.78 is 5.49. The molecule has 21 heavy (non-hydrogen) atoms. The van der Waals surface area contributed by atoms with E-state index in [1.165, 1.54) is 4.90 Å². The number of hydrogen-bond donors (Lipinski definition) is 1. The Balaban J connectivity index is 0.00000161. The normalized spacial score (nSPS) is 10.4. The molecule has 1 N–H and O–H groups in total. The Morgan fingerprint density at radius 3 is 2.86 bits per heavy atom. The van der Waals surface area contributed by atoms with Gasteiger partial charge >= 0.3 is 0 Å². The molecule has 1 aromatic carbocycles. The van der Waals surface area contributed by atoms with Gasteiger partial charge in [0.2, 0.25) is 0 Å². The van der Waals surface area contributed by atoms with Gasteiger partial charge in [-0.05, 0) is 30.0 Å². The predicted molar refractivity (Wildman–Crippen MR) is 89.5 cm³/mol. The van der Waals surface area contributed by atoms with Crippen LogP contribution in [0, 0.1) is 0 Å². The number of pyridine rings is 1. The first-order valence-corrected chi connectivity index (χ1v) is 7.41. The summed E-state index contributed by atoms with van der Waals surface area (Å²) in [6.45, 7) is 2.14. The molecule has 0 radical (unpaired) electrons. The quantitative estimate of drug-likeness (QED) is 0.733. The highest BCUT2D eigenvalue weighted by Crippen LogP contribution is 2.33. The largest absolute Gasteiger partial charge is 0.496 e. The number of hydrogen-bond acceptors (Lipinski definition) is 4. The van der Waals surface area contributed by atoms with Crippen molar-refractivity contribution in [2.75, 3.05) is 12.9 Å². The van der Waals surface area contributed by atoms with Gasteiger partial charge in [-0.25, -0.2) is 4.98 Å². The molecule has 0 amide bonds. The highest BCUT2D eigenvalue weighted by atomic mass is 35.5. The average molecular weight is 322 g/mol. The van der Waals surface area contributed by atoms with Gasteiger partial charge in [0.1, 0.15) is 17.1 Å². The number of aromatic amines is 1. The van der Waals surface area contributed by atoms with Crippen molar-refractivity contribution in [1.29, 1.82) is 0 Å². The van der Waals surface area contributed by atoms with E-state index in [1.807, 2.05) is 12.1 Å². The third-order valence-corrected chi connectivity index (χ3v) is 3.90. The molecule has 2 heterocycles. The van der Waals surface area contributed by atoms with E-state index in [1.54, 1.807) is 31.3 Å².